The largest absolute Gasteiger partial charge is 0.508 e. The van der Waals surface area contributed by atoms with Gasteiger partial charge >= 0.3 is 0 Å². The van der Waals surface area contributed by atoms with Crippen LogP contribution in [0.1, 0.15) is 17.9 Å². The number of thioether (sulfide) groups is 1. The van der Waals surface area contributed by atoms with Crippen LogP contribution < -0.4 is 5.73 Å². The lowest BCUT2D eigenvalue weighted by molar-refractivity contribution is 0.474. The number of hydrogen-bond donors (Lipinski definition) is 2. The maximum atomic E-state index is 9.18. The highest BCUT2D eigenvalue weighted by molar-refractivity contribution is 7.99. The molecule has 1 fully saturated rings. The van der Waals surface area contributed by atoms with Crippen LogP contribution in [-0.4, -0.2) is 22.7 Å². The summed E-state index contributed by atoms with van der Waals surface area (Å²) in [6.07, 6.45) is 1.09. The second kappa shape index (κ2) is 4.24. The van der Waals surface area contributed by atoms with Crippen molar-refractivity contribution in [1.82, 2.24) is 0 Å². The van der Waals surface area contributed by atoms with Gasteiger partial charge in [0.05, 0.1) is 0 Å². The van der Waals surface area contributed by atoms with E-state index in [1.165, 1.54) is 11.3 Å². The number of aromatic hydroxyl groups is 1. The Labute approximate surface area is 88.5 Å². The van der Waals surface area contributed by atoms with Crippen molar-refractivity contribution >= 4 is 11.8 Å². The molecule has 1 heterocycles. The quantitative estimate of drug-likeness (QED) is 0.743. The first-order chi connectivity index (χ1) is 6.77. The molecule has 76 valence electrons. The third kappa shape index (κ3) is 2.04. The SMILES string of the molecule is NC1CCSCC1c1ccc(O)cc1. The van der Waals surface area contributed by atoms with Gasteiger partial charge in [0.25, 0.3) is 0 Å². The lowest BCUT2D eigenvalue weighted by Gasteiger charge is -2.28. The zero-order valence-corrected chi connectivity index (χ0v) is 8.83. The minimum absolute atomic E-state index is 0.279. The Morgan fingerprint density at radius 3 is 2.64 bits per heavy atom. The molecule has 0 bridgehead atoms. The monoisotopic (exact) mass is 209 g/mol. The third-order valence-corrected chi connectivity index (χ3v) is 3.85. The first-order valence-electron chi connectivity index (χ1n) is 4.89. The van der Waals surface area contributed by atoms with Crippen molar-refractivity contribution in [3.8, 4) is 5.75 Å². The first-order valence-corrected chi connectivity index (χ1v) is 6.05. The summed E-state index contributed by atoms with van der Waals surface area (Å²) in [4.78, 5) is 0. The summed E-state index contributed by atoms with van der Waals surface area (Å²) in [5, 5.41) is 9.18. The maximum absolute atomic E-state index is 9.18. The van der Waals surface area contributed by atoms with Crippen LogP contribution in [0.2, 0.25) is 0 Å². The van der Waals surface area contributed by atoms with Crippen molar-refractivity contribution < 1.29 is 5.11 Å². The molecule has 1 saturated heterocycles. The van der Waals surface area contributed by atoms with Crippen LogP contribution in [0.3, 0.4) is 0 Å². The van der Waals surface area contributed by atoms with Crippen LogP contribution in [0.5, 0.6) is 5.75 Å². The van der Waals surface area contributed by atoms with E-state index in [0.717, 1.165) is 12.2 Å². The fourth-order valence-electron chi connectivity index (χ4n) is 1.82. The van der Waals surface area contributed by atoms with Gasteiger partial charge in [0.15, 0.2) is 0 Å². The van der Waals surface area contributed by atoms with Gasteiger partial charge in [-0.05, 0) is 29.9 Å². The van der Waals surface area contributed by atoms with Crippen molar-refractivity contribution in [2.24, 2.45) is 5.73 Å². The Morgan fingerprint density at radius 1 is 1.29 bits per heavy atom. The summed E-state index contributed by atoms with van der Waals surface area (Å²) in [7, 11) is 0. The molecule has 0 amide bonds. The van der Waals surface area contributed by atoms with E-state index in [9.17, 15) is 5.11 Å². The van der Waals surface area contributed by atoms with Gasteiger partial charge < -0.3 is 10.8 Å². The van der Waals surface area contributed by atoms with Gasteiger partial charge in [-0.3, -0.25) is 0 Å². The number of rotatable bonds is 1. The molecule has 2 atom stereocenters. The molecular formula is C11H15NOS. The zero-order chi connectivity index (χ0) is 9.97. The van der Waals surface area contributed by atoms with E-state index in [1.54, 1.807) is 12.1 Å². The minimum Gasteiger partial charge on any atom is -0.508 e. The average molecular weight is 209 g/mol. The van der Waals surface area contributed by atoms with E-state index < -0.39 is 0 Å². The van der Waals surface area contributed by atoms with Crippen molar-refractivity contribution in [2.45, 2.75) is 18.4 Å². The molecule has 0 radical (unpaired) electrons. The summed E-state index contributed by atoms with van der Waals surface area (Å²) in [5.74, 6) is 3.06. The van der Waals surface area contributed by atoms with Crippen LogP contribution in [0.15, 0.2) is 24.3 Å². The predicted octanol–water partition coefficient (Wildman–Crippen LogP) is 1.94. The third-order valence-electron chi connectivity index (χ3n) is 2.73. The van der Waals surface area contributed by atoms with E-state index >= 15 is 0 Å². The van der Waals surface area contributed by atoms with Gasteiger partial charge in [-0.2, -0.15) is 11.8 Å². The highest BCUT2D eigenvalue weighted by Gasteiger charge is 2.23. The topological polar surface area (TPSA) is 46.2 Å². The predicted molar refractivity (Wildman–Crippen MR) is 60.8 cm³/mol. The fourth-order valence-corrected chi connectivity index (χ4v) is 3.12. The molecule has 3 heteroatoms. The molecule has 2 unspecified atom stereocenters. The molecule has 1 aromatic rings. The van der Waals surface area contributed by atoms with Crippen molar-refractivity contribution in [2.75, 3.05) is 11.5 Å². The molecule has 0 saturated carbocycles. The molecular weight excluding hydrogens is 194 g/mol. The minimum atomic E-state index is 0.279. The molecule has 1 aromatic carbocycles. The second-order valence-corrected chi connectivity index (χ2v) is 4.88. The lowest BCUT2D eigenvalue weighted by atomic mass is 9.92. The summed E-state index contributed by atoms with van der Waals surface area (Å²) in [5.41, 5.74) is 7.33. The van der Waals surface area contributed by atoms with Crippen LogP contribution >= 0.6 is 11.8 Å². The van der Waals surface area contributed by atoms with E-state index in [4.69, 9.17) is 5.73 Å². The molecule has 1 aliphatic heterocycles. The van der Waals surface area contributed by atoms with Gasteiger partial charge in [0.1, 0.15) is 5.75 Å². The molecule has 3 N–H and O–H groups in total. The van der Waals surface area contributed by atoms with E-state index in [0.29, 0.717) is 11.7 Å². The lowest BCUT2D eigenvalue weighted by Crippen LogP contribution is -2.33. The molecule has 2 nitrogen and oxygen atoms in total. The fraction of sp³-hybridized carbons (Fsp3) is 0.455. The zero-order valence-electron chi connectivity index (χ0n) is 8.02. The Morgan fingerprint density at radius 2 is 2.00 bits per heavy atom. The number of phenols is 1. The highest BCUT2D eigenvalue weighted by atomic mass is 32.2. The van der Waals surface area contributed by atoms with Gasteiger partial charge in [-0.15, -0.1) is 0 Å². The normalized spacial score (nSPS) is 27.5. The van der Waals surface area contributed by atoms with Crippen LogP contribution in [0.4, 0.5) is 0 Å². The summed E-state index contributed by atoms with van der Waals surface area (Å²) in [6.45, 7) is 0. The smallest absolute Gasteiger partial charge is 0.115 e. The van der Waals surface area contributed by atoms with E-state index in [1.807, 2.05) is 23.9 Å². The summed E-state index contributed by atoms with van der Waals surface area (Å²) >= 11 is 1.96. The standard InChI is InChI=1S/C11H15NOS/c12-11-5-6-14-7-10(11)8-1-3-9(13)4-2-8/h1-4,10-11,13H,5-7,12H2. The summed E-state index contributed by atoms with van der Waals surface area (Å²) in [6, 6.07) is 7.71. The number of benzene rings is 1. The molecule has 0 aromatic heterocycles. The number of nitrogens with two attached hydrogens (primary N) is 1. The first kappa shape index (κ1) is 9.87. The highest BCUT2D eigenvalue weighted by Crippen LogP contribution is 2.31. The molecule has 1 aliphatic rings. The van der Waals surface area contributed by atoms with Crippen molar-refractivity contribution in [1.29, 1.82) is 0 Å². The molecule has 0 spiro atoms. The molecule has 14 heavy (non-hydrogen) atoms. The van der Waals surface area contributed by atoms with E-state index in [2.05, 4.69) is 0 Å². The second-order valence-electron chi connectivity index (χ2n) is 3.73. The van der Waals surface area contributed by atoms with Gasteiger partial charge in [-0.25, -0.2) is 0 Å². The van der Waals surface area contributed by atoms with Crippen LogP contribution in [0.25, 0.3) is 0 Å². The Kier molecular flexibility index (Phi) is 2.99. The van der Waals surface area contributed by atoms with Crippen molar-refractivity contribution in [3.05, 3.63) is 29.8 Å². The van der Waals surface area contributed by atoms with Crippen molar-refractivity contribution in [3.63, 3.8) is 0 Å². The van der Waals surface area contributed by atoms with Gasteiger partial charge in [0, 0.05) is 17.7 Å². The van der Waals surface area contributed by atoms with Gasteiger partial charge in [-0.1, -0.05) is 12.1 Å². The Hall–Kier alpha value is -0.670. The molecule has 0 aliphatic carbocycles. The molecule has 2 rings (SSSR count). The van der Waals surface area contributed by atoms with Crippen LogP contribution in [0, 0.1) is 0 Å². The Bertz CT molecular complexity index is 299. The average Bonchev–Trinajstić information content (AvgIpc) is 2.20. The maximum Gasteiger partial charge on any atom is 0.115 e. The summed E-state index contributed by atoms with van der Waals surface area (Å²) < 4.78 is 0. The van der Waals surface area contributed by atoms with E-state index in [-0.39, 0.29) is 6.04 Å². The van der Waals surface area contributed by atoms with Gasteiger partial charge in [0.2, 0.25) is 0 Å². The van der Waals surface area contributed by atoms with Crippen LogP contribution in [-0.2, 0) is 0 Å². The number of hydrogen-bond acceptors (Lipinski definition) is 3. The number of phenolic OH excluding ortho intramolecular Hbond substituents is 1. The Balaban J connectivity index is 2.16.